The van der Waals surface area contributed by atoms with Crippen LogP contribution in [0.4, 0.5) is 10.1 Å². The van der Waals surface area contributed by atoms with Gasteiger partial charge in [-0.25, -0.2) is 4.39 Å². The molecule has 1 heterocycles. The summed E-state index contributed by atoms with van der Waals surface area (Å²) in [5.41, 5.74) is 6.18. The average Bonchev–Trinajstić information content (AvgIpc) is 2.43. The highest BCUT2D eigenvalue weighted by atomic mass is 35.5. The van der Waals surface area contributed by atoms with Gasteiger partial charge in [-0.15, -0.1) is 12.4 Å². The first-order valence-corrected chi connectivity index (χ1v) is 6.43. The van der Waals surface area contributed by atoms with E-state index in [-0.39, 0.29) is 30.7 Å². The summed E-state index contributed by atoms with van der Waals surface area (Å²) in [5, 5.41) is 2.76. The lowest BCUT2D eigenvalue weighted by atomic mass is 9.79. The van der Waals surface area contributed by atoms with Gasteiger partial charge in [-0.1, -0.05) is 6.07 Å². The molecule has 112 valence electrons. The predicted molar refractivity (Wildman–Crippen MR) is 78.6 cm³/mol. The Balaban J connectivity index is 0.00000200. The largest absolute Gasteiger partial charge is 0.381 e. The second-order valence-electron chi connectivity index (χ2n) is 5.01. The molecule has 1 aromatic rings. The summed E-state index contributed by atoms with van der Waals surface area (Å²) >= 11 is 0. The van der Waals surface area contributed by atoms with Crippen LogP contribution in [0.5, 0.6) is 0 Å². The van der Waals surface area contributed by atoms with Crippen molar-refractivity contribution >= 4 is 24.0 Å². The van der Waals surface area contributed by atoms with Crippen LogP contribution in [0.15, 0.2) is 18.2 Å². The van der Waals surface area contributed by atoms with E-state index in [9.17, 15) is 9.18 Å². The van der Waals surface area contributed by atoms with E-state index in [1.807, 2.05) is 0 Å². The van der Waals surface area contributed by atoms with Crippen LogP contribution in [0.3, 0.4) is 0 Å². The third kappa shape index (κ3) is 3.48. The van der Waals surface area contributed by atoms with Crippen LogP contribution in [0.2, 0.25) is 0 Å². The van der Waals surface area contributed by atoms with Crippen molar-refractivity contribution < 1.29 is 13.9 Å². The standard InChI is InChI=1S/C14H19FN2O2.ClH/c1-10-2-3-11(8-12(10)15)17-13(18)14(9-16)4-6-19-7-5-14;/h2-3,8H,4-7,9,16H2,1H3,(H,17,18);1H. The lowest BCUT2D eigenvalue weighted by Crippen LogP contribution is -2.46. The van der Waals surface area contributed by atoms with Gasteiger partial charge in [0, 0.05) is 25.4 Å². The average molecular weight is 303 g/mol. The minimum absolute atomic E-state index is 0. The number of nitrogens with two attached hydrogens (primary N) is 1. The van der Waals surface area contributed by atoms with Crippen LogP contribution in [0.1, 0.15) is 18.4 Å². The number of halogens is 2. The van der Waals surface area contributed by atoms with Crippen molar-refractivity contribution in [3.63, 3.8) is 0 Å². The molecule has 4 nitrogen and oxygen atoms in total. The molecule has 1 aromatic carbocycles. The molecule has 1 fully saturated rings. The number of carbonyl (C=O) groups is 1. The number of carbonyl (C=O) groups excluding carboxylic acids is 1. The lowest BCUT2D eigenvalue weighted by Gasteiger charge is -2.34. The third-order valence-corrected chi connectivity index (χ3v) is 3.75. The highest BCUT2D eigenvalue weighted by Gasteiger charge is 2.38. The van der Waals surface area contributed by atoms with Crippen molar-refractivity contribution in [3.8, 4) is 0 Å². The first-order valence-electron chi connectivity index (χ1n) is 6.43. The molecular formula is C14H20ClFN2O2. The number of rotatable bonds is 3. The lowest BCUT2D eigenvalue weighted by molar-refractivity contribution is -0.130. The van der Waals surface area contributed by atoms with Crippen molar-refractivity contribution in [3.05, 3.63) is 29.6 Å². The van der Waals surface area contributed by atoms with Gasteiger partial charge >= 0.3 is 0 Å². The van der Waals surface area contributed by atoms with Gasteiger partial charge in [-0.2, -0.15) is 0 Å². The Hall–Kier alpha value is -1.17. The fourth-order valence-corrected chi connectivity index (χ4v) is 2.22. The zero-order chi connectivity index (χ0) is 13.9. The summed E-state index contributed by atoms with van der Waals surface area (Å²) in [4.78, 5) is 12.3. The number of aryl methyl sites for hydroxylation is 1. The predicted octanol–water partition coefficient (Wildman–Crippen LogP) is 2.25. The molecule has 1 aliphatic rings. The Kier molecular flexibility index (Phi) is 5.92. The molecule has 1 amide bonds. The topological polar surface area (TPSA) is 64.4 Å². The fraction of sp³-hybridized carbons (Fsp3) is 0.500. The maximum absolute atomic E-state index is 13.5. The van der Waals surface area contributed by atoms with Gasteiger partial charge in [-0.05, 0) is 37.5 Å². The van der Waals surface area contributed by atoms with Crippen LogP contribution >= 0.6 is 12.4 Å². The van der Waals surface area contributed by atoms with Crippen LogP contribution in [-0.2, 0) is 9.53 Å². The molecular weight excluding hydrogens is 283 g/mol. The number of nitrogens with one attached hydrogen (secondary N) is 1. The van der Waals surface area contributed by atoms with E-state index in [1.165, 1.54) is 6.07 Å². The first-order chi connectivity index (χ1) is 9.07. The highest BCUT2D eigenvalue weighted by molar-refractivity contribution is 5.95. The van der Waals surface area contributed by atoms with Crippen molar-refractivity contribution in [1.82, 2.24) is 0 Å². The monoisotopic (exact) mass is 302 g/mol. The summed E-state index contributed by atoms with van der Waals surface area (Å²) in [7, 11) is 0. The zero-order valence-electron chi connectivity index (χ0n) is 11.4. The maximum atomic E-state index is 13.5. The van der Waals surface area contributed by atoms with Gasteiger partial charge in [-0.3, -0.25) is 4.79 Å². The molecule has 0 unspecified atom stereocenters. The van der Waals surface area contributed by atoms with E-state index in [1.54, 1.807) is 19.1 Å². The van der Waals surface area contributed by atoms with E-state index in [0.717, 1.165) is 0 Å². The number of anilines is 1. The van der Waals surface area contributed by atoms with Gasteiger partial charge in [0.2, 0.25) is 5.91 Å². The summed E-state index contributed by atoms with van der Waals surface area (Å²) in [5.74, 6) is -0.479. The van der Waals surface area contributed by atoms with E-state index >= 15 is 0 Å². The van der Waals surface area contributed by atoms with E-state index < -0.39 is 5.41 Å². The highest BCUT2D eigenvalue weighted by Crippen LogP contribution is 2.31. The molecule has 0 aliphatic carbocycles. The second-order valence-corrected chi connectivity index (χ2v) is 5.01. The van der Waals surface area contributed by atoms with Crippen LogP contribution in [-0.4, -0.2) is 25.7 Å². The summed E-state index contributed by atoms with van der Waals surface area (Å²) < 4.78 is 18.7. The van der Waals surface area contributed by atoms with Gasteiger partial charge in [0.05, 0.1) is 5.41 Å². The third-order valence-electron chi connectivity index (χ3n) is 3.75. The molecule has 0 radical (unpaired) electrons. The normalized spacial score (nSPS) is 17.1. The number of ether oxygens (including phenoxy) is 1. The Morgan fingerprint density at radius 1 is 1.45 bits per heavy atom. The van der Waals surface area contributed by atoms with Crippen molar-refractivity contribution in [2.24, 2.45) is 11.1 Å². The Morgan fingerprint density at radius 2 is 2.10 bits per heavy atom. The molecule has 0 saturated carbocycles. The second kappa shape index (κ2) is 7.02. The molecule has 20 heavy (non-hydrogen) atoms. The minimum atomic E-state index is -0.598. The fourth-order valence-electron chi connectivity index (χ4n) is 2.22. The summed E-state index contributed by atoms with van der Waals surface area (Å²) in [6.07, 6.45) is 1.20. The quantitative estimate of drug-likeness (QED) is 0.900. The van der Waals surface area contributed by atoms with Crippen LogP contribution < -0.4 is 11.1 Å². The number of amides is 1. The Morgan fingerprint density at radius 3 is 2.65 bits per heavy atom. The number of hydrogen-bond donors (Lipinski definition) is 2. The van der Waals surface area contributed by atoms with Crippen LogP contribution in [0, 0.1) is 18.2 Å². The molecule has 0 atom stereocenters. The molecule has 0 aromatic heterocycles. The molecule has 6 heteroatoms. The molecule has 0 spiro atoms. The minimum Gasteiger partial charge on any atom is -0.381 e. The van der Waals surface area contributed by atoms with Crippen molar-refractivity contribution in [1.29, 1.82) is 0 Å². The van der Waals surface area contributed by atoms with Gasteiger partial charge in [0.1, 0.15) is 5.82 Å². The summed E-state index contributed by atoms with van der Waals surface area (Å²) in [6, 6.07) is 4.67. The molecule has 1 aliphatic heterocycles. The molecule has 2 rings (SSSR count). The Labute approximate surface area is 124 Å². The van der Waals surface area contributed by atoms with Gasteiger partial charge < -0.3 is 15.8 Å². The summed E-state index contributed by atoms with van der Waals surface area (Å²) in [6.45, 7) is 3.02. The zero-order valence-corrected chi connectivity index (χ0v) is 12.3. The van der Waals surface area contributed by atoms with Gasteiger partial charge in [0.25, 0.3) is 0 Å². The van der Waals surface area contributed by atoms with Crippen molar-refractivity contribution in [2.45, 2.75) is 19.8 Å². The van der Waals surface area contributed by atoms with Gasteiger partial charge in [0.15, 0.2) is 0 Å². The Bertz CT molecular complexity index is 476. The number of hydrogen-bond acceptors (Lipinski definition) is 3. The van der Waals surface area contributed by atoms with Crippen molar-refractivity contribution in [2.75, 3.05) is 25.1 Å². The van der Waals surface area contributed by atoms with E-state index in [0.29, 0.717) is 37.3 Å². The van der Waals surface area contributed by atoms with E-state index in [4.69, 9.17) is 10.5 Å². The number of benzene rings is 1. The smallest absolute Gasteiger partial charge is 0.232 e. The first kappa shape index (κ1) is 16.9. The maximum Gasteiger partial charge on any atom is 0.232 e. The molecule has 3 N–H and O–H groups in total. The van der Waals surface area contributed by atoms with Crippen LogP contribution in [0.25, 0.3) is 0 Å². The van der Waals surface area contributed by atoms with E-state index in [2.05, 4.69) is 5.32 Å². The molecule has 1 saturated heterocycles. The molecule has 0 bridgehead atoms. The SMILES string of the molecule is Cc1ccc(NC(=O)C2(CN)CCOCC2)cc1F.Cl.